The second-order valence-corrected chi connectivity index (χ2v) is 5.09. The fraction of sp³-hybridized carbons (Fsp3) is 0.833. The van der Waals surface area contributed by atoms with E-state index < -0.39 is 6.10 Å². The maximum atomic E-state index is 12.2. The molecule has 102 valence electrons. The second-order valence-electron chi connectivity index (χ2n) is 5.09. The smallest absolute Gasteiger partial charge is 0.239 e. The van der Waals surface area contributed by atoms with Gasteiger partial charge in [-0.05, 0) is 19.3 Å². The molecule has 2 fully saturated rings. The highest BCUT2D eigenvalue weighted by atomic mass is 16.3. The number of carbonyl (C=O) groups excluding carboxylic acids is 2. The van der Waals surface area contributed by atoms with Crippen LogP contribution >= 0.6 is 0 Å². The molecule has 6 heteroatoms. The molecule has 3 unspecified atom stereocenters. The zero-order valence-electron chi connectivity index (χ0n) is 10.7. The maximum Gasteiger partial charge on any atom is 0.239 e. The van der Waals surface area contributed by atoms with Gasteiger partial charge in [0.15, 0.2) is 0 Å². The Morgan fingerprint density at radius 1 is 1.44 bits per heavy atom. The zero-order chi connectivity index (χ0) is 13.1. The van der Waals surface area contributed by atoms with Gasteiger partial charge in [-0.3, -0.25) is 9.59 Å². The molecule has 3 N–H and O–H groups in total. The fourth-order valence-electron chi connectivity index (χ4n) is 2.72. The van der Waals surface area contributed by atoms with Crippen molar-refractivity contribution in [3.63, 3.8) is 0 Å². The molecule has 0 aromatic rings. The highest BCUT2D eigenvalue weighted by Gasteiger charge is 2.34. The van der Waals surface area contributed by atoms with Gasteiger partial charge in [-0.1, -0.05) is 0 Å². The number of aliphatic hydroxyl groups excluding tert-OH is 1. The quantitative estimate of drug-likeness (QED) is 0.572. The third kappa shape index (κ3) is 2.81. The van der Waals surface area contributed by atoms with Gasteiger partial charge in [0.2, 0.25) is 11.8 Å². The molecule has 0 spiro atoms. The molecule has 2 amide bonds. The summed E-state index contributed by atoms with van der Waals surface area (Å²) in [6.45, 7) is 1.68. The van der Waals surface area contributed by atoms with Crippen molar-refractivity contribution in [2.75, 3.05) is 26.7 Å². The van der Waals surface area contributed by atoms with E-state index in [4.69, 9.17) is 0 Å². The van der Waals surface area contributed by atoms with Crippen molar-refractivity contribution < 1.29 is 14.7 Å². The molecule has 0 bridgehead atoms. The lowest BCUT2D eigenvalue weighted by molar-refractivity contribution is -0.137. The monoisotopic (exact) mass is 255 g/mol. The molecule has 0 aromatic heterocycles. The van der Waals surface area contributed by atoms with E-state index >= 15 is 0 Å². The summed E-state index contributed by atoms with van der Waals surface area (Å²) in [5, 5.41) is 15.1. The van der Waals surface area contributed by atoms with Gasteiger partial charge in [0.1, 0.15) is 0 Å². The largest absolute Gasteiger partial charge is 0.392 e. The average molecular weight is 255 g/mol. The molecule has 2 heterocycles. The third-order valence-corrected chi connectivity index (χ3v) is 3.76. The maximum absolute atomic E-state index is 12.2. The Morgan fingerprint density at radius 2 is 2.22 bits per heavy atom. The summed E-state index contributed by atoms with van der Waals surface area (Å²) < 4.78 is 0. The molecule has 0 saturated carbocycles. The first kappa shape index (κ1) is 13.3. The lowest BCUT2D eigenvalue weighted by Gasteiger charge is -2.33. The van der Waals surface area contributed by atoms with Crippen LogP contribution in [0.3, 0.4) is 0 Å². The van der Waals surface area contributed by atoms with E-state index in [1.807, 2.05) is 0 Å². The molecule has 0 aromatic carbocycles. The molecule has 2 aliphatic rings. The van der Waals surface area contributed by atoms with E-state index in [1.54, 1.807) is 11.9 Å². The predicted molar refractivity (Wildman–Crippen MR) is 65.8 cm³/mol. The number of nitrogens with zero attached hydrogens (tertiary/aromatic N) is 1. The molecule has 3 atom stereocenters. The normalized spacial score (nSPS) is 32.3. The van der Waals surface area contributed by atoms with E-state index in [1.165, 1.54) is 0 Å². The van der Waals surface area contributed by atoms with Crippen LogP contribution in [0.1, 0.15) is 19.3 Å². The van der Waals surface area contributed by atoms with Crippen LogP contribution in [0.25, 0.3) is 0 Å². The van der Waals surface area contributed by atoms with E-state index in [-0.39, 0.29) is 23.8 Å². The molecule has 2 rings (SSSR count). The Labute approximate surface area is 107 Å². The van der Waals surface area contributed by atoms with Gasteiger partial charge in [0, 0.05) is 26.7 Å². The lowest BCUT2D eigenvalue weighted by atomic mass is 9.96. The SMILES string of the molecule is CNC(=O)C1CCCN(C(=O)C2CC(O)CN2)C1. The van der Waals surface area contributed by atoms with Gasteiger partial charge in [-0.25, -0.2) is 0 Å². The molecule has 0 radical (unpaired) electrons. The number of hydrogen-bond acceptors (Lipinski definition) is 4. The molecule has 18 heavy (non-hydrogen) atoms. The van der Waals surface area contributed by atoms with E-state index in [9.17, 15) is 14.7 Å². The minimum absolute atomic E-state index is 0.00640. The zero-order valence-corrected chi connectivity index (χ0v) is 10.7. The number of aliphatic hydroxyl groups is 1. The minimum Gasteiger partial charge on any atom is -0.392 e. The number of rotatable bonds is 2. The lowest BCUT2D eigenvalue weighted by Crippen LogP contribution is -2.50. The number of piperidine rings is 1. The predicted octanol–water partition coefficient (Wildman–Crippen LogP) is -1.31. The first-order chi connectivity index (χ1) is 8.61. The van der Waals surface area contributed by atoms with Gasteiger partial charge in [0.25, 0.3) is 0 Å². The van der Waals surface area contributed by atoms with Crippen molar-refractivity contribution in [2.45, 2.75) is 31.4 Å². The van der Waals surface area contributed by atoms with E-state index in [0.29, 0.717) is 26.1 Å². The number of likely N-dealkylation sites (tertiary alicyclic amines) is 1. The summed E-state index contributed by atoms with van der Waals surface area (Å²) in [4.78, 5) is 25.6. The Hall–Kier alpha value is -1.14. The van der Waals surface area contributed by atoms with Gasteiger partial charge in [-0.15, -0.1) is 0 Å². The number of carbonyl (C=O) groups is 2. The Bertz CT molecular complexity index is 335. The van der Waals surface area contributed by atoms with Crippen LogP contribution in [-0.2, 0) is 9.59 Å². The minimum atomic E-state index is -0.432. The molecule has 2 saturated heterocycles. The molecule has 6 nitrogen and oxygen atoms in total. The number of nitrogens with one attached hydrogen (secondary N) is 2. The van der Waals surface area contributed by atoms with Crippen LogP contribution in [0.4, 0.5) is 0 Å². The Kier molecular flexibility index (Phi) is 4.19. The fourth-order valence-corrected chi connectivity index (χ4v) is 2.72. The third-order valence-electron chi connectivity index (χ3n) is 3.76. The van der Waals surface area contributed by atoms with Gasteiger partial charge in [0.05, 0.1) is 18.1 Å². The van der Waals surface area contributed by atoms with Crippen molar-refractivity contribution in [2.24, 2.45) is 5.92 Å². The summed E-state index contributed by atoms with van der Waals surface area (Å²) in [5.74, 6) is -0.0777. The van der Waals surface area contributed by atoms with Crippen LogP contribution in [0, 0.1) is 5.92 Å². The van der Waals surface area contributed by atoms with E-state index in [0.717, 1.165) is 12.8 Å². The molecule has 2 aliphatic heterocycles. The van der Waals surface area contributed by atoms with Crippen molar-refractivity contribution in [3.05, 3.63) is 0 Å². The van der Waals surface area contributed by atoms with Crippen molar-refractivity contribution in [1.29, 1.82) is 0 Å². The van der Waals surface area contributed by atoms with Crippen LogP contribution < -0.4 is 10.6 Å². The number of hydrogen-bond donors (Lipinski definition) is 3. The average Bonchev–Trinajstić information content (AvgIpc) is 2.83. The summed E-state index contributed by atoms with van der Waals surface area (Å²) >= 11 is 0. The summed E-state index contributed by atoms with van der Waals surface area (Å²) in [6.07, 6.45) is 1.74. The molecule has 0 aliphatic carbocycles. The van der Waals surface area contributed by atoms with Gasteiger partial charge in [-0.2, -0.15) is 0 Å². The topological polar surface area (TPSA) is 81.7 Å². The van der Waals surface area contributed by atoms with E-state index in [2.05, 4.69) is 10.6 Å². The van der Waals surface area contributed by atoms with Crippen LogP contribution in [0.2, 0.25) is 0 Å². The number of β-amino-alcohol motifs (C(OH)–C–C–N with tert-alkyl or cyclic N) is 1. The molecular formula is C12H21N3O3. The van der Waals surface area contributed by atoms with Gasteiger partial charge >= 0.3 is 0 Å². The van der Waals surface area contributed by atoms with Crippen LogP contribution in [-0.4, -0.2) is 60.6 Å². The Balaban J connectivity index is 1.92. The summed E-state index contributed by atoms with van der Waals surface area (Å²) in [5.41, 5.74) is 0. The standard InChI is InChI=1S/C12H21N3O3/c1-13-11(17)8-3-2-4-15(7-8)12(18)10-5-9(16)6-14-10/h8-10,14,16H,2-7H2,1H3,(H,13,17). The molecular weight excluding hydrogens is 234 g/mol. The number of amides is 2. The second kappa shape index (κ2) is 5.67. The van der Waals surface area contributed by atoms with Crippen LogP contribution in [0.15, 0.2) is 0 Å². The van der Waals surface area contributed by atoms with Crippen LogP contribution in [0.5, 0.6) is 0 Å². The highest BCUT2D eigenvalue weighted by molar-refractivity contribution is 5.84. The van der Waals surface area contributed by atoms with Crippen molar-refractivity contribution in [1.82, 2.24) is 15.5 Å². The van der Waals surface area contributed by atoms with Gasteiger partial charge < -0.3 is 20.6 Å². The first-order valence-corrected chi connectivity index (χ1v) is 6.53. The summed E-state index contributed by atoms with van der Waals surface area (Å²) in [6, 6.07) is -0.288. The van der Waals surface area contributed by atoms with Crippen molar-refractivity contribution >= 4 is 11.8 Å². The first-order valence-electron chi connectivity index (χ1n) is 6.53. The Morgan fingerprint density at radius 3 is 2.83 bits per heavy atom. The van der Waals surface area contributed by atoms with Crippen molar-refractivity contribution in [3.8, 4) is 0 Å². The highest BCUT2D eigenvalue weighted by Crippen LogP contribution is 2.19. The summed E-state index contributed by atoms with van der Waals surface area (Å²) in [7, 11) is 1.62.